The van der Waals surface area contributed by atoms with Crippen LogP contribution in [0.15, 0.2) is 35.2 Å². The van der Waals surface area contributed by atoms with E-state index < -0.39 is 60.9 Å². The van der Waals surface area contributed by atoms with E-state index in [0.29, 0.717) is 6.07 Å². The zero-order valence-corrected chi connectivity index (χ0v) is 14.0. The summed E-state index contributed by atoms with van der Waals surface area (Å²) < 4.78 is 101. The van der Waals surface area contributed by atoms with Gasteiger partial charge in [0.05, 0.1) is 16.5 Å². The lowest BCUT2D eigenvalue weighted by Gasteiger charge is -2.22. The number of halogens is 5. The van der Waals surface area contributed by atoms with E-state index in [4.69, 9.17) is 10.00 Å². The molecule has 1 aliphatic carbocycles. The second kappa shape index (κ2) is 5.19. The third-order valence-corrected chi connectivity index (χ3v) is 6.57. The average molecular weight is 401 g/mol. The smallest absolute Gasteiger partial charge is 0.387 e. The molecule has 0 aromatic heterocycles. The van der Waals surface area contributed by atoms with Crippen molar-refractivity contribution in [3.05, 3.63) is 52.8 Å². The molecule has 0 spiro atoms. The molecule has 2 aliphatic rings. The Kier molecular flexibility index (Phi) is 3.41. The number of hydrogen-bond donors (Lipinski definition) is 0. The highest BCUT2D eigenvalue weighted by Crippen LogP contribution is 2.66. The highest BCUT2D eigenvalue weighted by atomic mass is 32.2. The molecular weight excluding hydrogens is 393 g/mol. The molecule has 140 valence electrons. The lowest BCUT2D eigenvalue weighted by molar-refractivity contribution is -0.0772. The molecule has 0 saturated heterocycles. The fourth-order valence-corrected chi connectivity index (χ4v) is 5.17. The van der Waals surface area contributed by atoms with Crippen LogP contribution in [-0.2, 0) is 15.5 Å². The molecule has 4 nitrogen and oxygen atoms in total. The number of sulfone groups is 1. The van der Waals surface area contributed by atoms with Gasteiger partial charge in [0.2, 0.25) is 15.5 Å². The van der Waals surface area contributed by atoms with Crippen LogP contribution in [0, 0.1) is 17.1 Å². The molecule has 0 bridgehead atoms. The SMILES string of the molecule is N#Cc1cc(F)cc(Oc2ccc3c4c2C(F)CC4(F)C(F)(F)S3(=O)=O)c1. The molecule has 1 aliphatic heterocycles. The molecule has 0 saturated carbocycles. The van der Waals surface area contributed by atoms with Gasteiger partial charge in [0, 0.05) is 23.6 Å². The first-order valence-electron chi connectivity index (χ1n) is 7.54. The Balaban J connectivity index is 1.91. The van der Waals surface area contributed by atoms with E-state index in [1.165, 1.54) is 0 Å². The van der Waals surface area contributed by atoms with E-state index in [2.05, 4.69) is 0 Å². The minimum Gasteiger partial charge on any atom is -0.457 e. The average Bonchev–Trinajstić information content (AvgIpc) is 2.92. The monoisotopic (exact) mass is 401 g/mol. The van der Waals surface area contributed by atoms with Gasteiger partial charge in [0.15, 0.2) is 0 Å². The lowest BCUT2D eigenvalue weighted by Crippen LogP contribution is -2.40. The molecule has 0 amide bonds. The fourth-order valence-electron chi connectivity index (χ4n) is 3.49. The van der Waals surface area contributed by atoms with E-state index in [1.807, 2.05) is 0 Å². The largest absolute Gasteiger partial charge is 0.457 e. The van der Waals surface area contributed by atoms with Gasteiger partial charge in [-0.25, -0.2) is 21.6 Å². The van der Waals surface area contributed by atoms with Crippen molar-refractivity contribution < 1.29 is 35.1 Å². The summed E-state index contributed by atoms with van der Waals surface area (Å²) in [4.78, 5) is -0.991. The lowest BCUT2D eigenvalue weighted by atomic mass is 9.98. The van der Waals surface area contributed by atoms with Crippen molar-refractivity contribution in [2.24, 2.45) is 0 Å². The second-order valence-electron chi connectivity index (χ2n) is 6.23. The second-order valence-corrected chi connectivity index (χ2v) is 8.19. The minimum absolute atomic E-state index is 0.117. The predicted octanol–water partition coefficient (Wildman–Crippen LogP) is 4.45. The van der Waals surface area contributed by atoms with Gasteiger partial charge < -0.3 is 4.74 Å². The Morgan fingerprint density at radius 3 is 2.56 bits per heavy atom. The predicted molar refractivity (Wildman–Crippen MR) is 81.0 cm³/mol. The fraction of sp³-hybridized carbons (Fsp3) is 0.235. The van der Waals surface area contributed by atoms with Crippen molar-refractivity contribution in [1.82, 2.24) is 0 Å². The van der Waals surface area contributed by atoms with E-state index in [-0.39, 0.29) is 11.3 Å². The van der Waals surface area contributed by atoms with Crippen LogP contribution in [0.1, 0.15) is 29.3 Å². The van der Waals surface area contributed by atoms with Crippen LogP contribution in [0.2, 0.25) is 0 Å². The zero-order chi connectivity index (χ0) is 19.8. The zero-order valence-electron chi connectivity index (χ0n) is 13.1. The first-order chi connectivity index (χ1) is 12.5. The van der Waals surface area contributed by atoms with Crippen molar-refractivity contribution in [3.8, 4) is 17.6 Å². The number of nitriles is 1. The van der Waals surface area contributed by atoms with Gasteiger partial charge in [-0.3, -0.25) is 0 Å². The molecule has 0 fully saturated rings. The Morgan fingerprint density at radius 2 is 1.89 bits per heavy atom. The summed E-state index contributed by atoms with van der Waals surface area (Å²) in [5, 5.41) is 4.03. The van der Waals surface area contributed by atoms with Crippen LogP contribution in [0.5, 0.6) is 11.5 Å². The van der Waals surface area contributed by atoms with Crippen molar-refractivity contribution in [3.63, 3.8) is 0 Å². The molecule has 27 heavy (non-hydrogen) atoms. The van der Waals surface area contributed by atoms with Crippen LogP contribution >= 0.6 is 0 Å². The Labute approximate surface area is 149 Å². The van der Waals surface area contributed by atoms with Crippen molar-refractivity contribution in [1.29, 1.82) is 5.26 Å². The molecule has 2 atom stereocenters. The maximum atomic E-state index is 15.0. The summed E-state index contributed by atoms with van der Waals surface area (Å²) in [6.45, 7) is 0. The molecule has 4 rings (SSSR count). The summed E-state index contributed by atoms with van der Waals surface area (Å²) >= 11 is 0. The molecular formula is C17H8F5NO3S. The maximum Gasteiger partial charge on any atom is 0.387 e. The van der Waals surface area contributed by atoms with Gasteiger partial charge in [0.25, 0.3) is 0 Å². The van der Waals surface area contributed by atoms with Crippen LogP contribution in [0.3, 0.4) is 0 Å². The Morgan fingerprint density at radius 1 is 1.19 bits per heavy atom. The topological polar surface area (TPSA) is 67.2 Å². The summed E-state index contributed by atoms with van der Waals surface area (Å²) in [6, 6.07) is 6.17. The summed E-state index contributed by atoms with van der Waals surface area (Å²) in [6.07, 6.45) is -3.63. The Bertz CT molecular complexity index is 1140. The van der Waals surface area contributed by atoms with Crippen LogP contribution in [0.4, 0.5) is 22.0 Å². The number of ether oxygens (including phenoxy) is 1. The molecule has 1 heterocycles. The molecule has 2 unspecified atom stereocenters. The van der Waals surface area contributed by atoms with Gasteiger partial charge >= 0.3 is 5.25 Å². The summed E-state index contributed by atoms with van der Waals surface area (Å²) in [5.41, 5.74) is -5.45. The van der Waals surface area contributed by atoms with Crippen LogP contribution in [-0.4, -0.2) is 13.7 Å². The quantitative estimate of drug-likeness (QED) is 0.698. The number of rotatable bonds is 2. The van der Waals surface area contributed by atoms with Gasteiger partial charge in [-0.15, -0.1) is 0 Å². The first kappa shape index (κ1) is 17.7. The molecule has 2 aromatic rings. The van der Waals surface area contributed by atoms with Gasteiger partial charge in [-0.2, -0.15) is 14.0 Å². The Hall–Kier alpha value is -2.67. The number of benzene rings is 2. The van der Waals surface area contributed by atoms with E-state index in [0.717, 1.165) is 24.3 Å². The minimum atomic E-state index is -5.33. The van der Waals surface area contributed by atoms with Crippen LogP contribution in [0.25, 0.3) is 0 Å². The number of nitrogens with zero attached hydrogens (tertiary/aromatic N) is 1. The van der Waals surface area contributed by atoms with Crippen molar-refractivity contribution in [2.75, 3.05) is 0 Å². The van der Waals surface area contributed by atoms with Gasteiger partial charge in [-0.1, -0.05) is 0 Å². The standard InChI is InChI=1S/C17H8F5NO3S/c18-9-3-8(7-23)4-10(5-9)26-12-1-2-13-15-14(12)11(19)6-16(15,20)17(21,22)27(13,24)25/h1-5,11H,6H2. The van der Waals surface area contributed by atoms with E-state index in [9.17, 15) is 30.4 Å². The molecule has 0 radical (unpaired) electrons. The highest BCUT2D eigenvalue weighted by Gasteiger charge is 2.75. The summed E-state index contributed by atoms with van der Waals surface area (Å²) in [5.74, 6) is -1.52. The number of alkyl halides is 4. The molecule has 2 aromatic carbocycles. The molecule has 0 N–H and O–H groups in total. The van der Waals surface area contributed by atoms with Gasteiger partial charge in [-0.05, 0) is 24.3 Å². The number of hydrogen-bond acceptors (Lipinski definition) is 4. The third-order valence-electron chi connectivity index (χ3n) is 4.65. The van der Waals surface area contributed by atoms with E-state index in [1.54, 1.807) is 6.07 Å². The van der Waals surface area contributed by atoms with Crippen LogP contribution < -0.4 is 4.74 Å². The van der Waals surface area contributed by atoms with Crippen molar-refractivity contribution >= 4 is 9.84 Å². The first-order valence-corrected chi connectivity index (χ1v) is 9.02. The van der Waals surface area contributed by atoms with Crippen molar-refractivity contribution in [2.45, 2.75) is 28.4 Å². The molecule has 10 heteroatoms. The third kappa shape index (κ3) is 2.09. The van der Waals surface area contributed by atoms with E-state index >= 15 is 0 Å². The highest BCUT2D eigenvalue weighted by molar-refractivity contribution is 7.93. The van der Waals surface area contributed by atoms with Gasteiger partial charge in [0.1, 0.15) is 23.5 Å². The normalized spacial score (nSPS) is 26.4. The maximum absolute atomic E-state index is 15.0. The summed E-state index contributed by atoms with van der Waals surface area (Å²) in [7, 11) is -5.33.